The van der Waals surface area contributed by atoms with Crippen molar-refractivity contribution in [2.75, 3.05) is 26.8 Å². The number of carboxylic acids is 1. The summed E-state index contributed by atoms with van der Waals surface area (Å²) >= 11 is 3.24. The van der Waals surface area contributed by atoms with E-state index in [1.54, 1.807) is 4.90 Å². The van der Waals surface area contributed by atoms with E-state index in [1.165, 1.54) is 19.2 Å². The molecule has 0 bridgehead atoms. The molecule has 0 unspecified atom stereocenters. The molecule has 1 N–H and O–H groups in total. The number of halogens is 1. The van der Waals surface area contributed by atoms with Crippen molar-refractivity contribution in [3.8, 4) is 11.5 Å². The summed E-state index contributed by atoms with van der Waals surface area (Å²) in [4.78, 5) is 24.5. The van der Waals surface area contributed by atoms with Crippen LogP contribution in [0.5, 0.6) is 11.5 Å². The third-order valence-corrected chi connectivity index (χ3v) is 3.52. The summed E-state index contributed by atoms with van der Waals surface area (Å²) in [5.41, 5.74) is 0.0705. The Morgan fingerprint density at radius 2 is 1.90 bits per heavy atom. The van der Waals surface area contributed by atoms with Gasteiger partial charge in [-0.1, -0.05) is 0 Å². The first-order chi connectivity index (χ1) is 9.94. The Balaban J connectivity index is 2.93. The fourth-order valence-corrected chi connectivity index (χ4v) is 2.34. The van der Waals surface area contributed by atoms with Crippen LogP contribution < -0.4 is 9.47 Å². The van der Waals surface area contributed by atoms with Gasteiger partial charge in [0.2, 0.25) is 0 Å². The van der Waals surface area contributed by atoms with Crippen LogP contribution in [0, 0.1) is 0 Å². The van der Waals surface area contributed by atoms with E-state index in [2.05, 4.69) is 15.9 Å². The highest BCUT2D eigenvalue weighted by atomic mass is 79.9. The number of amides is 1. The molecule has 0 saturated carbocycles. The van der Waals surface area contributed by atoms with E-state index < -0.39 is 5.97 Å². The summed E-state index contributed by atoms with van der Waals surface area (Å²) in [6.07, 6.45) is 0. The monoisotopic (exact) mass is 359 g/mol. The number of hydrogen-bond donors (Lipinski definition) is 1. The van der Waals surface area contributed by atoms with Gasteiger partial charge in [-0.25, -0.2) is 4.79 Å². The molecule has 0 aromatic heterocycles. The first-order valence-corrected chi connectivity index (χ1v) is 7.25. The molecule has 1 aromatic rings. The molecule has 0 saturated heterocycles. The van der Waals surface area contributed by atoms with Gasteiger partial charge in [-0.15, -0.1) is 0 Å². The van der Waals surface area contributed by atoms with Gasteiger partial charge in [0.1, 0.15) is 0 Å². The molecule has 0 fully saturated rings. The van der Waals surface area contributed by atoms with Crippen LogP contribution in [0.15, 0.2) is 16.6 Å². The topological polar surface area (TPSA) is 76.1 Å². The number of methoxy groups -OCH3 is 1. The molecule has 6 nitrogen and oxygen atoms in total. The summed E-state index contributed by atoms with van der Waals surface area (Å²) in [5, 5.41) is 9.00. The molecule has 0 aliphatic carbocycles. The molecular weight excluding hydrogens is 342 g/mol. The van der Waals surface area contributed by atoms with Crippen LogP contribution in [0.3, 0.4) is 0 Å². The minimum atomic E-state index is -1.07. The van der Waals surface area contributed by atoms with Crippen LogP contribution in [-0.2, 0) is 4.79 Å². The number of carbonyl (C=O) groups excluding carboxylic acids is 1. The predicted octanol–water partition coefficient (Wildman–Crippen LogP) is 2.40. The maximum Gasteiger partial charge on any atom is 0.335 e. The Labute approximate surface area is 131 Å². The van der Waals surface area contributed by atoms with Crippen molar-refractivity contribution in [2.45, 2.75) is 13.8 Å². The van der Waals surface area contributed by atoms with E-state index in [1.807, 2.05) is 13.8 Å². The second-order valence-electron chi connectivity index (χ2n) is 4.15. The van der Waals surface area contributed by atoms with Crippen LogP contribution in [0.2, 0.25) is 0 Å². The van der Waals surface area contributed by atoms with Gasteiger partial charge in [0, 0.05) is 13.1 Å². The number of hydrogen-bond acceptors (Lipinski definition) is 4. The summed E-state index contributed by atoms with van der Waals surface area (Å²) in [6, 6.07) is 2.76. The van der Waals surface area contributed by atoms with E-state index >= 15 is 0 Å². The standard InChI is InChI=1S/C14H18BrNO5/c1-4-16(5-2)12(17)8-21-13-10(15)6-9(14(18)19)7-11(13)20-3/h6-7H,4-5,8H2,1-3H3,(H,18,19). The maximum absolute atomic E-state index is 11.9. The Bertz CT molecular complexity index is 528. The van der Waals surface area contributed by atoms with Crippen molar-refractivity contribution in [3.63, 3.8) is 0 Å². The summed E-state index contributed by atoms with van der Waals surface area (Å²) in [7, 11) is 1.41. The van der Waals surface area contributed by atoms with Crippen molar-refractivity contribution >= 4 is 27.8 Å². The van der Waals surface area contributed by atoms with E-state index in [0.29, 0.717) is 23.3 Å². The number of likely N-dealkylation sites (N-methyl/N-ethyl adjacent to an activating group) is 1. The number of ether oxygens (including phenoxy) is 2. The molecular formula is C14H18BrNO5. The zero-order chi connectivity index (χ0) is 16.0. The number of rotatable bonds is 7. The average molecular weight is 360 g/mol. The van der Waals surface area contributed by atoms with Crippen molar-refractivity contribution in [1.82, 2.24) is 4.90 Å². The van der Waals surface area contributed by atoms with Crippen molar-refractivity contribution in [2.24, 2.45) is 0 Å². The van der Waals surface area contributed by atoms with Gasteiger partial charge in [0.05, 0.1) is 17.1 Å². The lowest BCUT2D eigenvalue weighted by atomic mass is 10.2. The summed E-state index contributed by atoms with van der Waals surface area (Å²) in [6.45, 7) is 4.85. The second-order valence-corrected chi connectivity index (χ2v) is 5.00. The number of carbonyl (C=O) groups is 2. The Morgan fingerprint density at radius 1 is 1.29 bits per heavy atom. The minimum Gasteiger partial charge on any atom is -0.493 e. The average Bonchev–Trinajstić information content (AvgIpc) is 2.46. The molecule has 7 heteroatoms. The predicted molar refractivity (Wildman–Crippen MR) is 81.1 cm³/mol. The van der Waals surface area contributed by atoms with Gasteiger partial charge in [-0.05, 0) is 41.9 Å². The van der Waals surface area contributed by atoms with Gasteiger partial charge in [-0.2, -0.15) is 0 Å². The van der Waals surface area contributed by atoms with Crippen LogP contribution >= 0.6 is 15.9 Å². The largest absolute Gasteiger partial charge is 0.493 e. The van der Waals surface area contributed by atoms with Gasteiger partial charge < -0.3 is 19.5 Å². The zero-order valence-corrected chi connectivity index (χ0v) is 13.8. The second kappa shape index (κ2) is 7.87. The highest BCUT2D eigenvalue weighted by molar-refractivity contribution is 9.10. The normalized spacial score (nSPS) is 10.1. The van der Waals surface area contributed by atoms with E-state index in [9.17, 15) is 9.59 Å². The third-order valence-electron chi connectivity index (χ3n) is 2.93. The van der Waals surface area contributed by atoms with Crippen LogP contribution in [0.4, 0.5) is 0 Å². The molecule has 1 aromatic carbocycles. The van der Waals surface area contributed by atoms with Gasteiger partial charge in [0.25, 0.3) is 5.91 Å². The minimum absolute atomic E-state index is 0.0705. The summed E-state index contributed by atoms with van der Waals surface area (Å²) in [5.74, 6) is -0.645. The number of nitrogens with zero attached hydrogens (tertiary/aromatic N) is 1. The molecule has 21 heavy (non-hydrogen) atoms. The van der Waals surface area contributed by atoms with Crippen LogP contribution in [-0.4, -0.2) is 48.7 Å². The third kappa shape index (κ3) is 4.35. The van der Waals surface area contributed by atoms with Crippen LogP contribution in [0.1, 0.15) is 24.2 Å². The van der Waals surface area contributed by atoms with Crippen molar-refractivity contribution < 1.29 is 24.2 Å². The van der Waals surface area contributed by atoms with E-state index in [0.717, 1.165) is 0 Å². The fraction of sp³-hybridized carbons (Fsp3) is 0.429. The van der Waals surface area contributed by atoms with Gasteiger partial charge in [-0.3, -0.25) is 4.79 Å². The molecule has 0 heterocycles. The number of benzene rings is 1. The van der Waals surface area contributed by atoms with Crippen molar-refractivity contribution in [1.29, 1.82) is 0 Å². The number of carboxylic acid groups (broad SMARTS) is 1. The molecule has 116 valence electrons. The lowest BCUT2D eigenvalue weighted by Gasteiger charge is -2.19. The molecule has 1 rings (SSSR count). The first-order valence-electron chi connectivity index (χ1n) is 6.45. The van der Waals surface area contributed by atoms with E-state index in [4.69, 9.17) is 14.6 Å². The van der Waals surface area contributed by atoms with Crippen molar-refractivity contribution in [3.05, 3.63) is 22.2 Å². The maximum atomic E-state index is 11.9. The number of aromatic carboxylic acids is 1. The molecule has 1 amide bonds. The quantitative estimate of drug-likeness (QED) is 0.808. The fourth-order valence-electron chi connectivity index (χ4n) is 1.78. The lowest BCUT2D eigenvalue weighted by molar-refractivity contribution is -0.133. The lowest BCUT2D eigenvalue weighted by Crippen LogP contribution is -2.34. The highest BCUT2D eigenvalue weighted by Gasteiger charge is 2.17. The van der Waals surface area contributed by atoms with Gasteiger partial charge >= 0.3 is 5.97 Å². The van der Waals surface area contributed by atoms with Crippen LogP contribution in [0.25, 0.3) is 0 Å². The Kier molecular flexibility index (Phi) is 6.48. The van der Waals surface area contributed by atoms with E-state index in [-0.39, 0.29) is 23.8 Å². The first kappa shape index (κ1) is 17.3. The molecule has 0 aliphatic rings. The molecule has 0 atom stereocenters. The Morgan fingerprint density at radius 3 is 2.38 bits per heavy atom. The van der Waals surface area contributed by atoms with Gasteiger partial charge in [0.15, 0.2) is 18.1 Å². The smallest absolute Gasteiger partial charge is 0.335 e. The molecule has 0 spiro atoms. The Hall–Kier alpha value is -1.76. The SMILES string of the molecule is CCN(CC)C(=O)COc1c(Br)cc(C(=O)O)cc1OC. The molecule has 0 aliphatic heterocycles. The highest BCUT2D eigenvalue weighted by Crippen LogP contribution is 2.36. The zero-order valence-electron chi connectivity index (χ0n) is 12.2. The summed E-state index contributed by atoms with van der Waals surface area (Å²) < 4.78 is 11.0. The molecule has 0 radical (unpaired) electrons.